The van der Waals surface area contributed by atoms with Crippen molar-refractivity contribution in [1.82, 2.24) is 9.88 Å². The third kappa shape index (κ3) is 4.79. The van der Waals surface area contributed by atoms with Gasteiger partial charge < -0.3 is 10.2 Å². The molecule has 3 aromatic carbocycles. The Labute approximate surface area is 227 Å². The average Bonchev–Trinajstić information content (AvgIpc) is 3.35. The Morgan fingerprint density at radius 2 is 1.75 bits per heavy atom. The first-order chi connectivity index (χ1) is 18.8. The van der Waals surface area contributed by atoms with Gasteiger partial charge in [-0.2, -0.15) is 13.2 Å². The van der Waals surface area contributed by atoms with Crippen LogP contribution < -0.4 is 5.32 Å². The van der Waals surface area contributed by atoms with E-state index in [2.05, 4.69) is 15.5 Å². The topological polar surface area (TPSA) is 116 Å². The van der Waals surface area contributed by atoms with Gasteiger partial charge in [0.1, 0.15) is 17.3 Å². The van der Waals surface area contributed by atoms with Crippen molar-refractivity contribution in [3.8, 4) is 17.3 Å². The molecule has 2 amide bonds. The molecular formula is C27H18F4N4O4S. The van der Waals surface area contributed by atoms with E-state index in [1.807, 2.05) is 6.92 Å². The number of phenolic OH excluding ortho intramolecular Hbond substituents is 1. The van der Waals surface area contributed by atoms with Gasteiger partial charge in [0.25, 0.3) is 11.1 Å². The van der Waals surface area contributed by atoms with E-state index >= 15 is 4.39 Å². The molecule has 0 radical (unpaired) electrons. The summed E-state index contributed by atoms with van der Waals surface area (Å²) in [7, 11) is 0. The Bertz CT molecular complexity index is 1790. The molecule has 5 rings (SSSR count). The summed E-state index contributed by atoms with van der Waals surface area (Å²) >= 11 is 0.642. The standard InChI is InChI=1S/C27H18F4N4O4S/c1-12-6-7-16(8-13(12)2)35-19-11-15(27(29,30)31)10-17(28)21(19)22(25(35)38)34-33-18-5-3-4-14(23(18)36)9-20-24(37)32-26(39)40-20/h3-11,36,38H,1-2H3,(H,32,37,39)/b20-9-,34-33?. The molecular weight excluding hydrogens is 552 g/mol. The zero-order valence-corrected chi connectivity index (χ0v) is 21.5. The highest BCUT2D eigenvalue weighted by molar-refractivity contribution is 8.18. The van der Waals surface area contributed by atoms with Gasteiger partial charge in [-0.3, -0.25) is 19.5 Å². The predicted molar refractivity (Wildman–Crippen MR) is 141 cm³/mol. The fraction of sp³-hybridized carbons (Fsp3) is 0.111. The zero-order valence-electron chi connectivity index (χ0n) is 20.7. The van der Waals surface area contributed by atoms with Crippen LogP contribution in [0.1, 0.15) is 22.3 Å². The Balaban J connectivity index is 1.67. The molecule has 4 aromatic rings. The van der Waals surface area contributed by atoms with Crippen molar-refractivity contribution in [1.29, 1.82) is 0 Å². The minimum Gasteiger partial charge on any atom is -0.505 e. The van der Waals surface area contributed by atoms with Crippen molar-refractivity contribution >= 4 is 51.3 Å². The quantitative estimate of drug-likeness (QED) is 0.133. The lowest BCUT2D eigenvalue weighted by Gasteiger charge is -2.11. The van der Waals surface area contributed by atoms with Crippen molar-refractivity contribution in [2.24, 2.45) is 10.2 Å². The van der Waals surface area contributed by atoms with E-state index in [1.165, 1.54) is 24.3 Å². The Morgan fingerprint density at radius 1 is 1.00 bits per heavy atom. The van der Waals surface area contributed by atoms with Crippen LogP contribution in [0.15, 0.2) is 63.7 Å². The maximum Gasteiger partial charge on any atom is 0.416 e. The van der Waals surface area contributed by atoms with Gasteiger partial charge in [-0.15, -0.1) is 10.2 Å². The number of carbonyl (C=O) groups is 2. The highest BCUT2D eigenvalue weighted by Gasteiger charge is 2.34. The van der Waals surface area contributed by atoms with Gasteiger partial charge in [-0.25, -0.2) is 4.39 Å². The predicted octanol–water partition coefficient (Wildman–Crippen LogP) is 7.56. The van der Waals surface area contributed by atoms with E-state index in [4.69, 9.17) is 0 Å². The molecule has 8 nitrogen and oxygen atoms in total. The van der Waals surface area contributed by atoms with Crippen molar-refractivity contribution in [3.63, 3.8) is 0 Å². The molecule has 13 heteroatoms. The summed E-state index contributed by atoms with van der Waals surface area (Å²) in [5.74, 6) is -3.04. The van der Waals surface area contributed by atoms with Crippen LogP contribution in [-0.2, 0) is 11.0 Å². The summed E-state index contributed by atoms with van der Waals surface area (Å²) in [5, 5.41) is 30.7. The van der Waals surface area contributed by atoms with Crippen molar-refractivity contribution in [3.05, 3.63) is 81.5 Å². The minimum atomic E-state index is -4.86. The Kier molecular flexibility index (Phi) is 6.62. The lowest BCUT2D eigenvalue weighted by atomic mass is 10.1. The number of halogens is 4. The molecule has 0 aliphatic carbocycles. The monoisotopic (exact) mass is 570 g/mol. The van der Waals surface area contributed by atoms with Gasteiger partial charge in [0.15, 0.2) is 5.69 Å². The van der Waals surface area contributed by atoms with Crippen LogP contribution in [0.25, 0.3) is 22.7 Å². The van der Waals surface area contributed by atoms with Gasteiger partial charge in [-0.1, -0.05) is 18.2 Å². The molecule has 1 aliphatic heterocycles. The highest BCUT2D eigenvalue weighted by Crippen LogP contribution is 2.46. The van der Waals surface area contributed by atoms with Crippen LogP contribution in [0.2, 0.25) is 0 Å². The molecule has 40 heavy (non-hydrogen) atoms. The molecule has 0 saturated carbocycles. The summed E-state index contributed by atoms with van der Waals surface area (Å²) in [4.78, 5) is 23.3. The number of thioether (sulfide) groups is 1. The average molecular weight is 571 g/mol. The fourth-order valence-electron chi connectivity index (χ4n) is 4.13. The number of carbonyl (C=O) groups excluding carboxylic acids is 2. The summed E-state index contributed by atoms with van der Waals surface area (Å²) in [5.41, 5.74) is -0.101. The molecule has 0 atom stereocenters. The smallest absolute Gasteiger partial charge is 0.416 e. The second-order valence-electron chi connectivity index (χ2n) is 8.89. The number of aryl methyl sites for hydroxylation is 2. The molecule has 1 fully saturated rings. The van der Waals surface area contributed by atoms with Gasteiger partial charge in [0.05, 0.1) is 21.4 Å². The number of amides is 2. The van der Waals surface area contributed by atoms with E-state index in [1.54, 1.807) is 25.1 Å². The maximum atomic E-state index is 15.2. The third-order valence-electron chi connectivity index (χ3n) is 6.28. The third-order valence-corrected chi connectivity index (χ3v) is 7.09. The molecule has 204 valence electrons. The number of rotatable bonds is 4. The second-order valence-corrected chi connectivity index (χ2v) is 9.91. The van der Waals surface area contributed by atoms with Gasteiger partial charge in [0.2, 0.25) is 5.88 Å². The normalized spacial score (nSPS) is 15.1. The summed E-state index contributed by atoms with van der Waals surface area (Å²) < 4.78 is 56.9. The van der Waals surface area contributed by atoms with Crippen LogP contribution in [0.5, 0.6) is 11.6 Å². The van der Waals surface area contributed by atoms with Crippen LogP contribution in [0.3, 0.4) is 0 Å². The maximum absolute atomic E-state index is 15.2. The number of aromatic hydroxyl groups is 2. The van der Waals surface area contributed by atoms with Crippen molar-refractivity contribution in [2.75, 3.05) is 0 Å². The fourth-order valence-corrected chi connectivity index (χ4v) is 4.80. The van der Waals surface area contributed by atoms with Crippen LogP contribution in [0, 0.1) is 19.7 Å². The number of imide groups is 1. The number of hydrogen-bond donors (Lipinski definition) is 3. The number of fused-ring (bicyclic) bond motifs is 1. The van der Waals surface area contributed by atoms with Crippen LogP contribution >= 0.6 is 11.8 Å². The van der Waals surface area contributed by atoms with E-state index in [9.17, 15) is 33.0 Å². The molecule has 0 unspecified atom stereocenters. The molecule has 3 N–H and O–H groups in total. The largest absolute Gasteiger partial charge is 0.505 e. The highest BCUT2D eigenvalue weighted by atomic mass is 32.2. The van der Waals surface area contributed by atoms with Crippen molar-refractivity contribution < 1.29 is 37.4 Å². The van der Waals surface area contributed by atoms with E-state index in [0.29, 0.717) is 23.9 Å². The summed E-state index contributed by atoms with van der Waals surface area (Å²) in [6.45, 7) is 3.61. The Morgan fingerprint density at radius 3 is 2.40 bits per heavy atom. The SMILES string of the molecule is Cc1ccc(-n2c(O)c(N=Nc3cccc(/C=C4\SC(=O)NC4=O)c3O)c3c(F)cc(C(F)(F)F)cc32)cc1C. The first-order valence-corrected chi connectivity index (χ1v) is 12.4. The van der Waals surface area contributed by atoms with Crippen LogP contribution in [0.4, 0.5) is 33.7 Å². The Hall–Kier alpha value is -4.65. The second kappa shape index (κ2) is 9.83. The summed E-state index contributed by atoms with van der Waals surface area (Å²) in [6.07, 6.45) is -3.59. The van der Waals surface area contributed by atoms with Gasteiger partial charge in [0, 0.05) is 11.3 Å². The number of para-hydroxylation sites is 1. The van der Waals surface area contributed by atoms with E-state index in [-0.39, 0.29) is 27.4 Å². The number of azo groups is 1. The molecule has 1 aliphatic rings. The zero-order chi connectivity index (χ0) is 28.9. The minimum absolute atomic E-state index is 0.0334. The van der Waals surface area contributed by atoms with Crippen molar-refractivity contribution in [2.45, 2.75) is 20.0 Å². The number of nitrogens with one attached hydrogen (secondary N) is 1. The van der Waals surface area contributed by atoms with E-state index < -0.39 is 51.4 Å². The number of nitrogens with zero attached hydrogens (tertiary/aromatic N) is 3. The number of benzene rings is 3. The number of hydrogen-bond acceptors (Lipinski definition) is 7. The molecule has 0 spiro atoms. The number of alkyl halides is 3. The summed E-state index contributed by atoms with van der Waals surface area (Å²) in [6, 6.07) is 10.2. The van der Waals surface area contributed by atoms with E-state index in [0.717, 1.165) is 15.7 Å². The molecule has 1 saturated heterocycles. The first-order valence-electron chi connectivity index (χ1n) is 11.6. The molecule has 2 heterocycles. The van der Waals surface area contributed by atoms with Gasteiger partial charge in [-0.05, 0) is 73.1 Å². The number of phenols is 1. The van der Waals surface area contributed by atoms with Gasteiger partial charge >= 0.3 is 6.18 Å². The molecule has 1 aromatic heterocycles. The first kappa shape index (κ1) is 26.9. The van der Waals surface area contributed by atoms with Crippen LogP contribution in [-0.4, -0.2) is 25.9 Å². The molecule has 0 bridgehead atoms. The number of aromatic nitrogens is 1. The lowest BCUT2D eigenvalue weighted by molar-refractivity contribution is -0.137. The lowest BCUT2D eigenvalue weighted by Crippen LogP contribution is -2.17.